The normalized spacial score (nSPS) is 10.5. The number of anilines is 1. The third kappa shape index (κ3) is 4.21. The summed E-state index contributed by atoms with van der Waals surface area (Å²) in [6.45, 7) is 3.15. The maximum atomic E-state index is 8.94. The number of nitrogens with zero attached hydrogens (tertiary/aromatic N) is 2. The van der Waals surface area contributed by atoms with E-state index in [9.17, 15) is 0 Å². The largest absolute Gasteiger partial charge is 0.396 e. The Labute approximate surface area is 123 Å². The Kier molecular flexibility index (Phi) is 5.83. The summed E-state index contributed by atoms with van der Waals surface area (Å²) in [5.41, 5.74) is 0.999. The minimum Gasteiger partial charge on any atom is -0.396 e. The van der Waals surface area contributed by atoms with Crippen LogP contribution in [0, 0.1) is 0 Å². The molecule has 0 radical (unpaired) electrons. The van der Waals surface area contributed by atoms with Crippen LogP contribution in [0.4, 0.5) is 5.82 Å². The summed E-state index contributed by atoms with van der Waals surface area (Å²) in [4.78, 5) is 9.10. The summed E-state index contributed by atoms with van der Waals surface area (Å²) < 4.78 is 0. The van der Waals surface area contributed by atoms with Crippen LogP contribution in [0.5, 0.6) is 0 Å². The summed E-state index contributed by atoms with van der Waals surface area (Å²) in [5.74, 6) is 2.19. The summed E-state index contributed by atoms with van der Waals surface area (Å²) in [5, 5.41) is 13.1. The molecule has 0 aliphatic carbocycles. The van der Waals surface area contributed by atoms with E-state index >= 15 is 0 Å². The van der Waals surface area contributed by atoms with Crippen LogP contribution in [-0.4, -0.2) is 34.0 Å². The summed E-state index contributed by atoms with van der Waals surface area (Å²) >= 11 is 1.54. The van der Waals surface area contributed by atoms with Crippen LogP contribution in [0.3, 0.4) is 0 Å². The second kappa shape index (κ2) is 7.87. The lowest BCUT2D eigenvalue weighted by atomic mass is 10.2. The topological polar surface area (TPSA) is 58.0 Å². The third-order valence-corrected chi connectivity index (χ3v) is 3.52. The number of thioether (sulfide) groups is 1. The summed E-state index contributed by atoms with van der Waals surface area (Å²) in [6.07, 6.45) is 1.05. The standard InChI is InChI=1S/C15H19N3OS/c1-2-8-16-13-11-14(20-10-9-19)18-15(17-13)12-6-4-3-5-7-12/h3-7,11,19H,2,8-10H2,1H3,(H,16,17,18). The van der Waals surface area contributed by atoms with Gasteiger partial charge in [0.25, 0.3) is 0 Å². The number of hydrogen-bond acceptors (Lipinski definition) is 5. The Balaban J connectivity index is 2.29. The zero-order valence-electron chi connectivity index (χ0n) is 11.5. The maximum absolute atomic E-state index is 8.94. The van der Waals surface area contributed by atoms with Gasteiger partial charge in [0, 0.05) is 23.9 Å². The van der Waals surface area contributed by atoms with Gasteiger partial charge in [0.15, 0.2) is 5.82 Å². The van der Waals surface area contributed by atoms with E-state index < -0.39 is 0 Å². The van der Waals surface area contributed by atoms with Crippen molar-refractivity contribution in [3.63, 3.8) is 0 Å². The van der Waals surface area contributed by atoms with Crippen molar-refractivity contribution in [3.8, 4) is 11.4 Å². The second-order valence-electron chi connectivity index (χ2n) is 4.28. The molecule has 1 heterocycles. The number of nitrogens with one attached hydrogen (secondary N) is 1. The highest BCUT2D eigenvalue weighted by molar-refractivity contribution is 7.99. The van der Waals surface area contributed by atoms with Gasteiger partial charge in [-0.05, 0) is 6.42 Å². The van der Waals surface area contributed by atoms with E-state index in [1.165, 1.54) is 11.8 Å². The molecule has 0 saturated heterocycles. The smallest absolute Gasteiger partial charge is 0.162 e. The van der Waals surface area contributed by atoms with Gasteiger partial charge in [0.2, 0.25) is 0 Å². The van der Waals surface area contributed by atoms with E-state index in [1.54, 1.807) is 0 Å². The van der Waals surface area contributed by atoms with E-state index in [1.807, 2.05) is 36.4 Å². The molecule has 0 atom stereocenters. The Morgan fingerprint density at radius 2 is 2.00 bits per heavy atom. The first-order valence-electron chi connectivity index (χ1n) is 6.75. The summed E-state index contributed by atoms with van der Waals surface area (Å²) in [6, 6.07) is 11.9. The van der Waals surface area contributed by atoms with Crippen LogP contribution in [0.2, 0.25) is 0 Å². The summed E-state index contributed by atoms with van der Waals surface area (Å²) in [7, 11) is 0. The number of aliphatic hydroxyl groups is 1. The van der Waals surface area contributed by atoms with Crippen molar-refractivity contribution in [2.75, 3.05) is 24.2 Å². The lowest BCUT2D eigenvalue weighted by molar-refractivity contribution is 0.322. The van der Waals surface area contributed by atoms with Crippen molar-refractivity contribution in [2.45, 2.75) is 18.4 Å². The molecule has 0 amide bonds. The van der Waals surface area contributed by atoms with Gasteiger partial charge < -0.3 is 10.4 Å². The third-order valence-electron chi connectivity index (χ3n) is 2.63. The van der Waals surface area contributed by atoms with Crippen molar-refractivity contribution in [2.24, 2.45) is 0 Å². The van der Waals surface area contributed by atoms with Crippen molar-refractivity contribution in [1.82, 2.24) is 9.97 Å². The molecule has 0 bridgehead atoms. The van der Waals surface area contributed by atoms with E-state index in [4.69, 9.17) is 5.11 Å². The van der Waals surface area contributed by atoms with Crippen molar-refractivity contribution >= 4 is 17.6 Å². The molecular weight excluding hydrogens is 270 g/mol. The first-order chi connectivity index (χ1) is 9.83. The molecule has 0 unspecified atom stereocenters. The van der Waals surface area contributed by atoms with Crippen molar-refractivity contribution in [1.29, 1.82) is 0 Å². The van der Waals surface area contributed by atoms with Gasteiger partial charge in [0.05, 0.1) is 6.61 Å². The Morgan fingerprint density at radius 1 is 1.20 bits per heavy atom. The fourth-order valence-electron chi connectivity index (χ4n) is 1.71. The molecule has 2 rings (SSSR count). The number of benzene rings is 1. The predicted octanol–water partition coefficient (Wildman–Crippen LogP) is 3.05. The molecule has 4 nitrogen and oxygen atoms in total. The second-order valence-corrected chi connectivity index (χ2v) is 5.40. The zero-order chi connectivity index (χ0) is 14.2. The van der Waals surface area contributed by atoms with Gasteiger partial charge in [-0.1, -0.05) is 37.3 Å². The number of aromatic nitrogens is 2. The Morgan fingerprint density at radius 3 is 2.70 bits per heavy atom. The van der Waals surface area contributed by atoms with E-state index in [0.29, 0.717) is 11.6 Å². The fourth-order valence-corrected chi connectivity index (χ4v) is 2.36. The van der Waals surface area contributed by atoms with Gasteiger partial charge in [-0.25, -0.2) is 9.97 Å². The number of rotatable bonds is 7. The highest BCUT2D eigenvalue weighted by atomic mass is 32.2. The average Bonchev–Trinajstić information content (AvgIpc) is 2.51. The predicted molar refractivity (Wildman–Crippen MR) is 84.1 cm³/mol. The molecule has 106 valence electrons. The highest BCUT2D eigenvalue weighted by Crippen LogP contribution is 2.23. The van der Waals surface area contributed by atoms with Gasteiger partial charge in [-0.15, -0.1) is 11.8 Å². The molecule has 5 heteroatoms. The van der Waals surface area contributed by atoms with Crippen LogP contribution < -0.4 is 5.32 Å². The maximum Gasteiger partial charge on any atom is 0.162 e. The molecular formula is C15H19N3OS. The van der Waals surface area contributed by atoms with E-state index in [-0.39, 0.29) is 6.61 Å². The average molecular weight is 289 g/mol. The van der Waals surface area contributed by atoms with Gasteiger partial charge in [0.1, 0.15) is 10.8 Å². The van der Waals surface area contributed by atoms with Crippen molar-refractivity contribution < 1.29 is 5.11 Å². The SMILES string of the molecule is CCCNc1cc(SCCO)nc(-c2ccccc2)n1. The van der Waals surface area contributed by atoms with Gasteiger partial charge in [-0.2, -0.15) is 0 Å². The molecule has 20 heavy (non-hydrogen) atoms. The highest BCUT2D eigenvalue weighted by Gasteiger charge is 2.07. The quantitative estimate of drug-likeness (QED) is 0.606. The van der Waals surface area contributed by atoms with E-state index in [2.05, 4.69) is 22.2 Å². The molecule has 0 aliphatic heterocycles. The first-order valence-corrected chi connectivity index (χ1v) is 7.74. The van der Waals surface area contributed by atoms with Gasteiger partial charge >= 0.3 is 0 Å². The minimum absolute atomic E-state index is 0.146. The lowest BCUT2D eigenvalue weighted by Gasteiger charge is -2.09. The van der Waals surface area contributed by atoms with Crippen LogP contribution in [0.25, 0.3) is 11.4 Å². The lowest BCUT2D eigenvalue weighted by Crippen LogP contribution is -2.04. The van der Waals surface area contributed by atoms with Crippen LogP contribution >= 0.6 is 11.8 Å². The fraction of sp³-hybridized carbons (Fsp3) is 0.333. The van der Waals surface area contributed by atoms with Crippen LogP contribution in [-0.2, 0) is 0 Å². The van der Waals surface area contributed by atoms with E-state index in [0.717, 1.165) is 29.4 Å². The molecule has 1 aromatic heterocycles. The Bertz CT molecular complexity index is 508. The Hall–Kier alpha value is -1.59. The van der Waals surface area contributed by atoms with Crippen LogP contribution in [0.15, 0.2) is 41.4 Å². The zero-order valence-corrected chi connectivity index (χ0v) is 12.4. The molecule has 0 fully saturated rings. The molecule has 0 aliphatic rings. The molecule has 0 spiro atoms. The molecule has 2 aromatic rings. The van der Waals surface area contributed by atoms with Crippen LogP contribution in [0.1, 0.15) is 13.3 Å². The first kappa shape index (κ1) is 14.8. The molecule has 0 saturated carbocycles. The molecule has 2 N–H and O–H groups in total. The minimum atomic E-state index is 0.146. The van der Waals surface area contributed by atoms with Crippen molar-refractivity contribution in [3.05, 3.63) is 36.4 Å². The van der Waals surface area contributed by atoms with Gasteiger partial charge in [-0.3, -0.25) is 0 Å². The number of aliphatic hydroxyl groups excluding tert-OH is 1. The monoisotopic (exact) mass is 289 g/mol. The molecule has 1 aromatic carbocycles. The number of hydrogen-bond donors (Lipinski definition) is 2.